The van der Waals surface area contributed by atoms with Crippen LogP contribution in [-0.4, -0.2) is 46.4 Å². The molecule has 164 valence electrons. The Hall–Kier alpha value is -2.74. The first-order chi connectivity index (χ1) is 14.1. The van der Waals surface area contributed by atoms with Gasteiger partial charge in [-0.1, -0.05) is 6.07 Å². The largest absolute Gasteiger partial charge is 0.494 e. The molecule has 0 fully saturated rings. The molecule has 1 unspecified atom stereocenters. The average molecular weight is 435 g/mol. The standard InChI is InChI=1S/C22H30N2O5S/c1-6-28-20-11-8-19(9-12-20)24(30(5,26)27)18(4)22(25)23-13-14-29-21-10-7-16(2)17(3)15-21/h7-12,15,18H,6,13-14H2,1-5H3,(H,23,25). The SMILES string of the molecule is CCOc1ccc(N(C(C)C(=O)NCCOc2ccc(C)c(C)c2)S(C)(=O)=O)cc1. The number of aryl methyl sites for hydroxylation is 2. The van der Waals surface area contributed by atoms with E-state index >= 15 is 0 Å². The van der Waals surface area contributed by atoms with Crippen LogP contribution in [0.2, 0.25) is 0 Å². The molecule has 0 radical (unpaired) electrons. The number of ether oxygens (including phenoxy) is 2. The summed E-state index contributed by atoms with van der Waals surface area (Å²) in [4.78, 5) is 12.6. The number of hydrogen-bond donors (Lipinski definition) is 1. The highest BCUT2D eigenvalue weighted by atomic mass is 32.2. The summed E-state index contributed by atoms with van der Waals surface area (Å²) in [6, 6.07) is 11.5. The van der Waals surface area contributed by atoms with Crippen LogP contribution in [0.5, 0.6) is 11.5 Å². The fraction of sp³-hybridized carbons (Fsp3) is 0.409. The van der Waals surface area contributed by atoms with Gasteiger partial charge in [0, 0.05) is 0 Å². The molecule has 30 heavy (non-hydrogen) atoms. The highest BCUT2D eigenvalue weighted by Gasteiger charge is 2.28. The molecule has 2 rings (SSSR count). The number of rotatable bonds is 10. The van der Waals surface area contributed by atoms with E-state index in [1.54, 1.807) is 31.2 Å². The molecule has 0 saturated carbocycles. The molecule has 2 aromatic carbocycles. The van der Waals surface area contributed by atoms with Crippen molar-refractivity contribution in [3.05, 3.63) is 53.6 Å². The summed E-state index contributed by atoms with van der Waals surface area (Å²) < 4.78 is 36.9. The van der Waals surface area contributed by atoms with Crippen LogP contribution in [0.4, 0.5) is 5.69 Å². The molecular formula is C22H30N2O5S. The van der Waals surface area contributed by atoms with Crippen molar-refractivity contribution in [3.8, 4) is 11.5 Å². The molecule has 7 nitrogen and oxygen atoms in total. The van der Waals surface area contributed by atoms with Gasteiger partial charge in [0.05, 0.1) is 25.1 Å². The third-order valence-electron chi connectivity index (χ3n) is 4.64. The van der Waals surface area contributed by atoms with Crippen molar-refractivity contribution in [2.75, 3.05) is 30.3 Å². The lowest BCUT2D eigenvalue weighted by atomic mass is 10.1. The maximum absolute atomic E-state index is 12.6. The van der Waals surface area contributed by atoms with Crippen molar-refractivity contribution in [2.45, 2.75) is 33.7 Å². The lowest BCUT2D eigenvalue weighted by molar-refractivity contribution is -0.121. The van der Waals surface area contributed by atoms with E-state index in [4.69, 9.17) is 9.47 Å². The summed E-state index contributed by atoms with van der Waals surface area (Å²) >= 11 is 0. The number of carbonyl (C=O) groups is 1. The molecule has 0 spiro atoms. The predicted molar refractivity (Wildman–Crippen MR) is 119 cm³/mol. The summed E-state index contributed by atoms with van der Waals surface area (Å²) in [7, 11) is -3.67. The van der Waals surface area contributed by atoms with Crippen LogP contribution < -0.4 is 19.1 Å². The molecule has 2 aromatic rings. The second kappa shape index (κ2) is 10.3. The molecule has 0 saturated heterocycles. The Balaban J connectivity index is 1.98. The molecule has 1 N–H and O–H groups in total. The van der Waals surface area contributed by atoms with E-state index < -0.39 is 22.0 Å². The minimum Gasteiger partial charge on any atom is -0.494 e. The van der Waals surface area contributed by atoms with Crippen molar-refractivity contribution >= 4 is 21.6 Å². The van der Waals surface area contributed by atoms with Gasteiger partial charge in [-0.3, -0.25) is 9.10 Å². The van der Waals surface area contributed by atoms with E-state index in [0.717, 1.165) is 21.9 Å². The number of hydrogen-bond acceptors (Lipinski definition) is 5. The van der Waals surface area contributed by atoms with Gasteiger partial charge in [-0.2, -0.15) is 0 Å². The lowest BCUT2D eigenvalue weighted by Crippen LogP contribution is -2.48. The quantitative estimate of drug-likeness (QED) is 0.581. The predicted octanol–water partition coefficient (Wildman–Crippen LogP) is 3.05. The monoisotopic (exact) mass is 434 g/mol. The van der Waals surface area contributed by atoms with Gasteiger partial charge in [-0.15, -0.1) is 0 Å². The van der Waals surface area contributed by atoms with Crippen LogP contribution in [0.3, 0.4) is 0 Å². The molecule has 1 amide bonds. The maximum Gasteiger partial charge on any atom is 0.243 e. The summed E-state index contributed by atoms with van der Waals surface area (Å²) in [6.07, 6.45) is 1.08. The Morgan fingerprint density at radius 1 is 1.03 bits per heavy atom. The molecule has 0 aliphatic carbocycles. The summed E-state index contributed by atoms with van der Waals surface area (Å²) in [5.41, 5.74) is 2.71. The van der Waals surface area contributed by atoms with Crippen LogP contribution in [0, 0.1) is 13.8 Å². The minimum absolute atomic E-state index is 0.261. The third-order valence-corrected chi connectivity index (χ3v) is 5.88. The van der Waals surface area contributed by atoms with Gasteiger partial charge >= 0.3 is 0 Å². The highest BCUT2D eigenvalue weighted by Crippen LogP contribution is 2.24. The molecular weight excluding hydrogens is 404 g/mol. The van der Waals surface area contributed by atoms with Gasteiger partial charge in [0.15, 0.2) is 0 Å². The molecule has 8 heteroatoms. The van der Waals surface area contributed by atoms with Crippen LogP contribution in [0.15, 0.2) is 42.5 Å². The smallest absolute Gasteiger partial charge is 0.243 e. The maximum atomic E-state index is 12.6. The van der Waals surface area contributed by atoms with Gasteiger partial charge in [0.1, 0.15) is 24.1 Å². The third kappa shape index (κ3) is 6.38. The Bertz CT molecular complexity index is 958. The number of nitrogens with one attached hydrogen (secondary N) is 1. The van der Waals surface area contributed by atoms with Crippen molar-refractivity contribution < 1.29 is 22.7 Å². The summed E-state index contributed by atoms with van der Waals surface area (Å²) in [5.74, 6) is 0.959. The Kier molecular flexibility index (Phi) is 8.11. The van der Waals surface area contributed by atoms with Crippen LogP contribution in [-0.2, 0) is 14.8 Å². The highest BCUT2D eigenvalue weighted by molar-refractivity contribution is 7.92. The van der Waals surface area contributed by atoms with E-state index in [1.165, 1.54) is 5.56 Å². The second-order valence-electron chi connectivity index (χ2n) is 7.05. The topological polar surface area (TPSA) is 84.9 Å². The van der Waals surface area contributed by atoms with Crippen molar-refractivity contribution in [3.63, 3.8) is 0 Å². The number of benzene rings is 2. The Labute approximate surface area is 179 Å². The fourth-order valence-corrected chi connectivity index (χ4v) is 4.13. The van der Waals surface area contributed by atoms with Crippen LogP contribution in [0.25, 0.3) is 0 Å². The Morgan fingerprint density at radius 2 is 1.67 bits per heavy atom. The summed E-state index contributed by atoms with van der Waals surface area (Å²) in [5, 5.41) is 2.74. The first-order valence-electron chi connectivity index (χ1n) is 9.83. The molecule has 1 atom stereocenters. The zero-order valence-corrected chi connectivity index (χ0v) is 19.0. The molecule has 0 bridgehead atoms. The van der Waals surface area contributed by atoms with E-state index in [1.807, 2.05) is 39.0 Å². The van der Waals surface area contributed by atoms with E-state index in [2.05, 4.69) is 5.32 Å². The molecule has 0 aliphatic rings. The first kappa shape index (κ1) is 23.5. The van der Waals surface area contributed by atoms with E-state index in [-0.39, 0.29) is 13.2 Å². The molecule has 0 aromatic heterocycles. The summed E-state index contributed by atoms with van der Waals surface area (Å²) in [6.45, 7) is 8.51. The lowest BCUT2D eigenvalue weighted by Gasteiger charge is -2.28. The van der Waals surface area contributed by atoms with Crippen molar-refractivity contribution in [1.82, 2.24) is 5.32 Å². The number of carbonyl (C=O) groups excluding carboxylic acids is 1. The van der Waals surface area contributed by atoms with Crippen LogP contribution in [0.1, 0.15) is 25.0 Å². The van der Waals surface area contributed by atoms with Gasteiger partial charge in [0.2, 0.25) is 15.9 Å². The van der Waals surface area contributed by atoms with Crippen molar-refractivity contribution in [1.29, 1.82) is 0 Å². The minimum atomic E-state index is -3.67. The molecule has 0 aliphatic heterocycles. The Morgan fingerprint density at radius 3 is 2.23 bits per heavy atom. The van der Waals surface area contributed by atoms with Crippen LogP contribution >= 0.6 is 0 Å². The van der Waals surface area contributed by atoms with Crippen molar-refractivity contribution in [2.24, 2.45) is 0 Å². The normalized spacial score (nSPS) is 12.2. The number of nitrogens with zero attached hydrogens (tertiary/aromatic N) is 1. The molecule has 0 heterocycles. The first-order valence-corrected chi connectivity index (χ1v) is 11.7. The zero-order chi connectivity index (χ0) is 22.3. The van der Waals surface area contributed by atoms with Gasteiger partial charge < -0.3 is 14.8 Å². The number of anilines is 1. The number of sulfonamides is 1. The van der Waals surface area contributed by atoms with Gasteiger partial charge in [0.25, 0.3) is 0 Å². The number of amides is 1. The second-order valence-corrected chi connectivity index (χ2v) is 8.91. The fourth-order valence-electron chi connectivity index (χ4n) is 2.96. The van der Waals surface area contributed by atoms with Gasteiger partial charge in [-0.05, 0) is 75.2 Å². The van der Waals surface area contributed by atoms with E-state index in [0.29, 0.717) is 18.0 Å². The van der Waals surface area contributed by atoms with E-state index in [9.17, 15) is 13.2 Å². The average Bonchev–Trinajstić information content (AvgIpc) is 2.68. The van der Waals surface area contributed by atoms with Gasteiger partial charge in [-0.25, -0.2) is 8.42 Å². The zero-order valence-electron chi connectivity index (χ0n) is 18.1.